The Balaban J connectivity index is 2.16. The molecule has 0 saturated carbocycles. The SMILES string of the molecule is Cc1ccc2c(N3CCNCC3)c(Cl)cnc2c1. The van der Waals surface area contributed by atoms with Gasteiger partial charge in [0, 0.05) is 37.8 Å². The van der Waals surface area contributed by atoms with Crippen LogP contribution in [0.25, 0.3) is 10.9 Å². The van der Waals surface area contributed by atoms with Crippen LogP contribution >= 0.6 is 11.6 Å². The second kappa shape index (κ2) is 4.75. The van der Waals surface area contributed by atoms with Crippen LogP contribution in [0.5, 0.6) is 0 Å². The molecule has 0 radical (unpaired) electrons. The number of pyridine rings is 1. The van der Waals surface area contributed by atoms with Crippen molar-refractivity contribution >= 4 is 28.2 Å². The van der Waals surface area contributed by atoms with Crippen LogP contribution in [0.4, 0.5) is 5.69 Å². The highest BCUT2D eigenvalue weighted by molar-refractivity contribution is 6.34. The Labute approximate surface area is 112 Å². The number of nitrogens with one attached hydrogen (secondary N) is 1. The summed E-state index contributed by atoms with van der Waals surface area (Å²) in [5.74, 6) is 0. The van der Waals surface area contributed by atoms with Crippen LogP contribution < -0.4 is 10.2 Å². The van der Waals surface area contributed by atoms with Gasteiger partial charge in [0.1, 0.15) is 0 Å². The Bertz CT molecular complexity index is 577. The lowest BCUT2D eigenvalue weighted by atomic mass is 10.1. The number of halogens is 1. The summed E-state index contributed by atoms with van der Waals surface area (Å²) in [5.41, 5.74) is 3.37. The number of hydrogen-bond donors (Lipinski definition) is 1. The highest BCUT2D eigenvalue weighted by Gasteiger charge is 2.16. The normalized spacial score (nSPS) is 16.2. The summed E-state index contributed by atoms with van der Waals surface area (Å²) >= 11 is 6.35. The van der Waals surface area contributed by atoms with Crippen molar-refractivity contribution in [1.29, 1.82) is 0 Å². The van der Waals surface area contributed by atoms with Gasteiger partial charge in [0.05, 0.1) is 16.2 Å². The molecule has 0 spiro atoms. The van der Waals surface area contributed by atoms with Crippen LogP contribution in [0.2, 0.25) is 5.02 Å². The topological polar surface area (TPSA) is 28.2 Å². The Kier molecular flexibility index (Phi) is 3.10. The van der Waals surface area contributed by atoms with Crippen LogP contribution in [0.15, 0.2) is 24.4 Å². The van der Waals surface area contributed by atoms with E-state index in [-0.39, 0.29) is 0 Å². The first-order chi connectivity index (χ1) is 8.75. The van der Waals surface area contributed by atoms with Gasteiger partial charge in [0.25, 0.3) is 0 Å². The molecule has 1 aliphatic heterocycles. The molecule has 1 saturated heterocycles. The number of piperazine rings is 1. The van der Waals surface area contributed by atoms with Crippen molar-refractivity contribution < 1.29 is 0 Å². The van der Waals surface area contributed by atoms with Crippen LogP contribution in [0.3, 0.4) is 0 Å². The number of aryl methyl sites for hydroxylation is 1. The highest BCUT2D eigenvalue weighted by atomic mass is 35.5. The maximum atomic E-state index is 6.35. The number of benzene rings is 1. The molecule has 18 heavy (non-hydrogen) atoms. The largest absolute Gasteiger partial charge is 0.367 e. The number of nitrogens with zero attached hydrogens (tertiary/aromatic N) is 2. The van der Waals surface area contributed by atoms with Crippen molar-refractivity contribution in [2.24, 2.45) is 0 Å². The number of hydrogen-bond acceptors (Lipinski definition) is 3. The molecular formula is C14H16ClN3. The molecule has 3 nitrogen and oxygen atoms in total. The van der Waals surface area contributed by atoms with Gasteiger partial charge in [0.2, 0.25) is 0 Å². The van der Waals surface area contributed by atoms with Gasteiger partial charge < -0.3 is 10.2 Å². The average molecular weight is 262 g/mol. The van der Waals surface area contributed by atoms with E-state index in [2.05, 4.69) is 40.3 Å². The van der Waals surface area contributed by atoms with Gasteiger partial charge in [-0.2, -0.15) is 0 Å². The fourth-order valence-corrected chi connectivity index (χ4v) is 2.74. The third-order valence-corrected chi connectivity index (χ3v) is 3.66. The summed E-state index contributed by atoms with van der Waals surface area (Å²) in [6.45, 7) is 6.08. The molecule has 94 valence electrons. The number of anilines is 1. The fraction of sp³-hybridized carbons (Fsp3) is 0.357. The number of aromatic nitrogens is 1. The minimum absolute atomic E-state index is 0.744. The lowest BCUT2D eigenvalue weighted by Gasteiger charge is -2.31. The van der Waals surface area contributed by atoms with Gasteiger partial charge in [0.15, 0.2) is 0 Å². The summed E-state index contributed by atoms with van der Waals surface area (Å²) in [6, 6.07) is 6.35. The van der Waals surface area contributed by atoms with Crippen LogP contribution in [0, 0.1) is 6.92 Å². The van der Waals surface area contributed by atoms with Crippen molar-refractivity contribution in [2.45, 2.75) is 6.92 Å². The van der Waals surface area contributed by atoms with E-state index in [4.69, 9.17) is 11.6 Å². The zero-order valence-corrected chi connectivity index (χ0v) is 11.2. The van der Waals surface area contributed by atoms with Gasteiger partial charge in [-0.25, -0.2) is 0 Å². The van der Waals surface area contributed by atoms with E-state index in [0.29, 0.717) is 0 Å². The van der Waals surface area contributed by atoms with Crippen molar-refractivity contribution in [2.75, 3.05) is 31.1 Å². The Morgan fingerprint density at radius 2 is 2.06 bits per heavy atom. The molecule has 1 aromatic heterocycles. The second-order valence-electron chi connectivity index (χ2n) is 4.71. The van der Waals surface area contributed by atoms with E-state index >= 15 is 0 Å². The van der Waals surface area contributed by atoms with Gasteiger partial charge in [-0.3, -0.25) is 4.98 Å². The molecule has 0 bridgehead atoms. The molecule has 1 aliphatic rings. The van der Waals surface area contributed by atoms with E-state index < -0.39 is 0 Å². The van der Waals surface area contributed by atoms with Crippen molar-refractivity contribution in [3.63, 3.8) is 0 Å². The molecule has 0 unspecified atom stereocenters. The van der Waals surface area contributed by atoms with Crippen molar-refractivity contribution in [1.82, 2.24) is 10.3 Å². The van der Waals surface area contributed by atoms with E-state index in [1.54, 1.807) is 6.20 Å². The zero-order chi connectivity index (χ0) is 12.5. The zero-order valence-electron chi connectivity index (χ0n) is 10.4. The first kappa shape index (κ1) is 11.8. The lowest BCUT2D eigenvalue weighted by molar-refractivity contribution is 0.590. The molecule has 0 atom stereocenters. The van der Waals surface area contributed by atoms with Gasteiger partial charge >= 0.3 is 0 Å². The Morgan fingerprint density at radius 3 is 2.83 bits per heavy atom. The van der Waals surface area contributed by atoms with Crippen molar-refractivity contribution in [3.8, 4) is 0 Å². The third kappa shape index (κ3) is 2.04. The molecule has 0 amide bonds. The van der Waals surface area contributed by atoms with Crippen LogP contribution in [-0.4, -0.2) is 31.2 Å². The maximum Gasteiger partial charge on any atom is 0.0829 e. The minimum Gasteiger partial charge on any atom is -0.367 e. The Hall–Kier alpha value is -1.32. The van der Waals surface area contributed by atoms with E-state index in [0.717, 1.165) is 47.8 Å². The summed E-state index contributed by atoms with van der Waals surface area (Å²) in [6.07, 6.45) is 1.76. The minimum atomic E-state index is 0.744. The summed E-state index contributed by atoms with van der Waals surface area (Å²) < 4.78 is 0. The molecule has 1 fully saturated rings. The second-order valence-corrected chi connectivity index (χ2v) is 5.12. The summed E-state index contributed by atoms with van der Waals surface area (Å²) in [5, 5.41) is 5.25. The maximum absolute atomic E-state index is 6.35. The number of rotatable bonds is 1. The molecule has 3 rings (SSSR count). The molecule has 1 aromatic carbocycles. The predicted molar refractivity (Wildman–Crippen MR) is 76.6 cm³/mol. The number of fused-ring (bicyclic) bond motifs is 1. The molecular weight excluding hydrogens is 246 g/mol. The average Bonchev–Trinajstić information content (AvgIpc) is 2.40. The smallest absolute Gasteiger partial charge is 0.0829 e. The molecule has 2 aromatic rings. The van der Waals surface area contributed by atoms with E-state index in [1.165, 1.54) is 5.56 Å². The first-order valence-electron chi connectivity index (χ1n) is 6.26. The fourth-order valence-electron chi connectivity index (χ4n) is 2.47. The lowest BCUT2D eigenvalue weighted by Crippen LogP contribution is -2.43. The molecule has 1 N–H and O–H groups in total. The molecule has 0 aliphatic carbocycles. The molecule has 2 heterocycles. The quantitative estimate of drug-likeness (QED) is 0.855. The van der Waals surface area contributed by atoms with E-state index in [1.807, 2.05) is 0 Å². The predicted octanol–water partition coefficient (Wildman–Crippen LogP) is 2.61. The molecule has 4 heteroatoms. The van der Waals surface area contributed by atoms with Gasteiger partial charge in [-0.15, -0.1) is 0 Å². The van der Waals surface area contributed by atoms with Crippen LogP contribution in [0.1, 0.15) is 5.56 Å². The third-order valence-electron chi connectivity index (χ3n) is 3.38. The van der Waals surface area contributed by atoms with Crippen molar-refractivity contribution in [3.05, 3.63) is 35.0 Å². The van der Waals surface area contributed by atoms with Gasteiger partial charge in [-0.1, -0.05) is 23.7 Å². The monoisotopic (exact) mass is 261 g/mol. The standard InChI is InChI=1S/C14H16ClN3/c1-10-2-3-11-13(8-10)17-9-12(15)14(11)18-6-4-16-5-7-18/h2-3,8-9,16H,4-7H2,1H3. The van der Waals surface area contributed by atoms with Gasteiger partial charge in [-0.05, 0) is 18.6 Å². The van der Waals surface area contributed by atoms with Crippen LogP contribution in [-0.2, 0) is 0 Å². The first-order valence-corrected chi connectivity index (χ1v) is 6.64. The Morgan fingerprint density at radius 1 is 1.28 bits per heavy atom. The summed E-state index contributed by atoms with van der Waals surface area (Å²) in [7, 11) is 0. The van der Waals surface area contributed by atoms with E-state index in [9.17, 15) is 0 Å². The highest BCUT2D eigenvalue weighted by Crippen LogP contribution is 2.33. The summed E-state index contributed by atoms with van der Waals surface area (Å²) in [4.78, 5) is 6.77.